The van der Waals surface area contributed by atoms with Crippen LogP contribution < -0.4 is 10.1 Å². The molecule has 0 aliphatic carbocycles. The minimum absolute atomic E-state index is 0.00241. The fraction of sp³-hybridized carbons (Fsp3) is 0.618. The van der Waals surface area contributed by atoms with Crippen molar-refractivity contribution in [1.82, 2.24) is 20.3 Å². The molecule has 232 valence electrons. The summed E-state index contributed by atoms with van der Waals surface area (Å²) in [6.45, 7) is 3.00. The highest BCUT2D eigenvalue weighted by Crippen LogP contribution is 2.31. The maximum atomic E-state index is 12.3. The third kappa shape index (κ3) is 12.0. The lowest BCUT2D eigenvalue weighted by Crippen LogP contribution is -2.27. The van der Waals surface area contributed by atoms with Crippen LogP contribution in [0.25, 0.3) is 16.7 Å². The van der Waals surface area contributed by atoms with Crippen LogP contribution in [-0.2, 0) is 16.1 Å². The minimum Gasteiger partial charge on any atom is -0.505 e. The molecule has 0 aliphatic heterocycles. The number of methoxy groups -OCH3 is 1. The van der Waals surface area contributed by atoms with Crippen molar-refractivity contribution >= 4 is 16.9 Å². The van der Waals surface area contributed by atoms with E-state index in [1.54, 1.807) is 19.2 Å². The summed E-state index contributed by atoms with van der Waals surface area (Å²) in [5.74, 6) is 0.303. The highest BCUT2D eigenvalue weighted by Gasteiger charge is 2.16. The molecule has 0 saturated heterocycles. The first-order valence-electron chi connectivity index (χ1n) is 16.2. The van der Waals surface area contributed by atoms with Gasteiger partial charge in [0, 0.05) is 24.8 Å². The zero-order chi connectivity index (χ0) is 29.8. The van der Waals surface area contributed by atoms with Crippen molar-refractivity contribution in [3.63, 3.8) is 0 Å². The molecule has 3 rings (SSSR count). The molecule has 0 fully saturated rings. The number of aromatic hydroxyl groups is 1. The second-order valence-corrected chi connectivity index (χ2v) is 11.3. The Morgan fingerprint density at radius 3 is 1.86 bits per heavy atom. The SMILES string of the molecule is CCCCCCCCCCCCCCCCCCOCC(=O)NCc1cc(OC)cc(-n2nc3ccccc3n2)c1O. The van der Waals surface area contributed by atoms with Crippen molar-refractivity contribution in [1.29, 1.82) is 0 Å². The number of carbonyl (C=O) groups excluding carboxylic acids is 1. The van der Waals surface area contributed by atoms with E-state index in [1.807, 2.05) is 24.3 Å². The molecular weight excluding hydrogens is 528 g/mol. The maximum absolute atomic E-state index is 12.3. The fourth-order valence-corrected chi connectivity index (χ4v) is 5.18. The molecule has 0 atom stereocenters. The van der Waals surface area contributed by atoms with Crippen LogP contribution in [0.5, 0.6) is 11.5 Å². The van der Waals surface area contributed by atoms with Gasteiger partial charge in [0.1, 0.15) is 34.8 Å². The normalized spacial score (nSPS) is 11.3. The maximum Gasteiger partial charge on any atom is 0.246 e. The van der Waals surface area contributed by atoms with Gasteiger partial charge in [-0.2, -0.15) is 0 Å². The van der Waals surface area contributed by atoms with Gasteiger partial charge in [-0.1, -0.05) is 115 Å². The van der Waals surface area contributed by atoms with Gasteiger partial charge in [0.15, 0.2) is 0 Å². The van der Waals surface area contributed by atoms with Crippen molar-refractivity contribution < 1.29 is 19.4 Å². The number of amides is 1. The Balaban J connectivity index is 1.22. The van der Waals surface area contributed by atoms with Gasteiger partial charge in [-0.25, -0.2) is 0 Å². The largest absolute Gasteiger partial charge is 0.505 e. The van der Waals surface area contributed by atoms with Crippen molar-refractivity contribution in [2.24, 2.45) is 0 Å². The highest BCUT2D eigenvalue weighted by atomic mass is 16.5. The van der Waals surface area contributed by atoms with Crippen molar-refractivity contribution in [2.45, 2.75) is 116 Å². The second-order valence-electron chi connectivity index (χ2n) is 11.3. The average molecular weight is 581 g/mol. The first kappa shape index (κ1) is 33.4. The third-order valence-electron chi connectivity index (χ3n) is 7.73. The first-order chi connectivity index (χ1) is 20.6. The summed E-state index contributed by atoms with van der Waals surface area (Å²) in [6, 6.07) is 10.8. The van der Waals surface area contributed by atoms with Crippen LogP contribution in [-0.4, -0.2) is 46.3 Å². The summed E-state index contributed by atoms with van der Waals surface area (Å²) in [4.78, 5) is 13.7. The molecule has 2 aromatic carbocycles. The molecule has 8 heteroatoms. The number of ether oxygens (including phenoxy) is 2. The number of benzene rings is 2. The Kier molecular flexibility index (Phi) is 15.8. The Bertz CT molecular complexity index is 1150. The second kappa shape index (κ2) is 19.9. The molecule has 0 radical (unpaired) electrons. The summed E-state index contributed by atoms with van der Waals surface area (Å²) < 4.78 is 11.0. The Hall–Kier alpha value is -3.13. The minimum atomic E-state index is -0.224. The average Bonchev–Trinajstić information content (AvgIpc) is 3.44. The number of hydrogen-bond donors (Lipinski definition) is 2. The number of carbonyl (C=O) groups is 1. The third-order valence-corrected chi connectivity index (χ3v) is 7.73. The zero-order valence-electron chi connectivity index (χ0n) is 25.9. The number of phenolic OH excluding ortho intramolecular Hbond substituents is 1. The molecule has 0 saturated carbocycles. The zero-order valence-corrected chi connectivity index (χ0v) is 25.9. The van der Waals surface area contributed by atoms with Gasteiger partial charge in [-0.05, 0) is 24.6 Å². The van der Waals surface area contributed by atoms with Gasteiger partial charge in [-0.3, -0.25) is 4.79 Å². The topological polar surface area (TPSA) is 98.5 Å². The van der Waals surface area contributed by atoms with E-state index in [0.717, 1.165) is 23.9 Å². The number of aromatic nitrogens is 3. The predicted octanol–water partition coefficient (Wildman–Crippen LogP) is 8.03. The lowest BCUT2D eigenvalue weighted by Gasteiger charge is -2.13. The summed E-state index contributed by atoms with van der Waals surface area (Å²) >= 11 is 0. The van der Waals surface area contributed by atoms with Crippen LogP contribution in [0.2, 0.25) is 0 Å². The predicted molar refractivity (Wildman–Crippen MR) is 169 cm³/mol. The first-order valence-corrected chi connectivity index (χ1v) is 16.2. The molecule has 0 bridgehead atoms. The van der Waals surface area contributed by atoms with Crippen molar-refractivity contribution in [3.05, 3.63) is 42.0 Å². The molecule has 2 N–H and O–H groups in total. The van der Waals surface area contributed by atoms with E-state index in [2.05, 4.69) is 22.4 Å². The van der Waals surface area contributed by atoms with E-state index in [-0.39, 0.29) is 24.8 Å². The lowest BCUT2D eigenvalue weighted by atomic mass is 10.0. The summed E-state index contributed by atoms with van der Waals surface area (Å²) in [7, 11) is 1.55. The van der Waals surface area contributed by atoms with Crippen LogP contribution >= 0.6 is 0 Å². The quantitative estimate of drug-likeness (QED) is 0.110. The summed E-state index contributed by atoms with van der Waals surface area (Å²) in [5, 5.41) is 22.6. The summed E-state index contributed by atoms with van der Waals surface area (Å²) in [5.41, 5.74) is 2.33. The summed E-state index contributed by atoms with van der Waals surface area (Å²) in [6.07, 6.45) is 21.3. The molecule has 0 unspecified atom stereocenters. The van der Waals surface area contributed by atoms with E-state index in [1.165, 1.54) is 94.7 Å². The molecule has 3 aromatic rings. The monoisotopic (exact) mass is 580 g/mol. The van der Waals surface area contributed by atoms with Gasteiger partial charge in [-0.15, -0.1) is 15.0 Å². The number of nitrogens with zero attached hydrogens (tertiary/aromatic N) is 3. The van der Waals surface area contributed by atoms with Crippen LogP contribution in [0.3, 0.4) is 0 Å². The number of hydrogen-bond acceptors (Lipinski definition) is 6. The van der Waals surface area contributed by atoms with Gasteiger partial charge in [0.05, 0.1) is 7.11 Å². The van der Waals surface area contributed by atoms with Gasteiger partial charge >= 0.3 is 0 Å². The molecule has 0 spiro atoms. The molecule has 42 heavy (non-hydrogen) atoms. The van der Waals surface area contributed by atoms with E-state index in [9.17, 15) is 9.90 Å². The molecular formula is C34H52N4O4. The van der Waals surface area contributed by atoms with E-state index < -0.39 is 0 Å². The number of nitrogens with one attached hydrogen (secondary N) is 1. The standard InChI is InChI=1S/C34H52N4O4/c1-3-4-5-6-7-8-9-10-11-12-13-14-15-16-17-20-23-42-27-33(39)35-26-28-24-29(41-2)25-32(34(28)40)38-36-30-21-18-19-22-31(30)37-38/h18-19,21-22,24-25,40H,3-17,20,23,26-27H2,1-2H3,(H,35,39). The molecule has 1 aromatic heterocycles. The molecule has 0 aliphatic rings. The number of rotatable bonds is 23. The van der Waals surface area contributed by atoms with E-state index in [4.69, 9.17) is 9.47 Å². The number of fused-ring (bicyclic) bond motifs is 1. The van der Waals surface area contributed by atoms with Crippen molar-refractivity contribution in [3.8, 4) is 17.2 Å². The molecule has 1 amide bonds. The van der Waals surface area contributed by atoms with E-state index >= 15 is 0 Å². The Labute approximate surface area is 252 Å². The number of phenols is 1. The highest BCUT2D eigenvalue weighted by molar-refractivity contribution is 5.77. The lowest BCUT2D eigenvalue weighted by molar-refractivity contribution is -0.125. The van der Waals surface area contributed by atoms with Gasteiger partial charge in [0.25, 0.3) is 0 Å². The van der Waals surface area contributed by atoms with Crippen LogP contribution in [0.15, 0.2) is 36.4 Å². The van der Waals surface area contributed by atoms with E-state index in [0.29, 0.717) is 23.6 Å². The van der Waals surface area contributed by atoms with Gasteiger partial charge in [0.2, 0.25) is 5.91 Å². The number of unbranched alkanes of at least 4 members (excludes halogenated alkanes) is 15. The van der Waals surface area contributed by atoms with Crippen LogP contribution in [0.1, 0.15) is 115 Å². The van der Waals surface area contributed by atoms with Gasteiger partial charge < -0.3 is 19.9 Å². The molecule has 1 heterocycles. The van der Waals surface area contributed by atoms with Crippen LogP contribution in [0.4, 0.5) is 0 Å². The fourth-order valence-electron chi connectivity index (χ4n) is 5.18. The van der Waals surface area contributed by atoms with Crippen LogP contribution in [0, 0.1) is 0 Å². The van der Waals surface area contributed by atoms with Crippen molar-refractivity contribution in [2.75, 3.05) is 20.3 Å². The molecule has 8 nitrogen and oxygen atoms in total. The smallest absolute Gasteiger partial charge is 0.246 e. The Morgan fingerprint density at radius 2 is 1.33 bits per heavy atom. The Morgan fingerprint density at radius 1 is 0.810 bits per heavy atom.